The Morgan fingerprint density at radius 3 is 2.67 bits per heavy atom. The lowest BCUT2D eigenvalue weighted by Crippen LogP contribution is -2.20. The maximum Gasteiger partial charge on any atom is 0.125 e. The normalized spacial score (nSPS) is 12.5. The molecule has 0 aromatic heterocycles. The summed E-state index contributed by atoms with van der Waals surface area (Å²) in [5, 5.41) is 4.13. The van der Waals surface area contributed by atoms with Crippen LogP contribution >= 0.6 is 11.6 Å². The van der Waals surface area contributed by atoms with Crippen LogP contribution in [0.1, 0.15) is 31.9 Å². The molecule has 0 saturated carbocycles. The average Bonchev–Trinajstić information content (AvgIpc) is 2.26. The largest absolute Gasteiger partial charge is 0.496 e. The van der Waals surface area contributed by atoms with E-state index in [0.29, 0.717) is 11.1 Å². The summed E-state index contributed by atoms with van der Waals surface area (Å²) in [5.41, 5.74) is 1.17. The Morgan fingerprint density at radius 1 is 1.40 bits per heavy atom. The van der Waals surface area contributed by atoms with Crippen molar-refractivity contribution >= 4 is 11.6 Å². The molecule has 0 bridgehead atoms. The van der Waals surface area contributed by atoms with Gasteiger partial charge in [0.25, 0.3) is 0 Å². The van der Waals surface area contributed by atoms with E-state index in [1.807, 2.05) is 18.2 Å². The molecule has 15 heavy (non-hydrogen) atoms. The Kier molecular flexibility index (Phi) is 4.92. The lowest BCUT2D eigenvalue weighted by molar-refractivity contribution is 0.398. The van der Waals surface area contributed by atoms with E-state index in [-0.39, 0.29) is 0 Å². The van der Waals surface area contributed by atoms with Gasteiger partial charge in [-0.05, 0) is 25.1 Å². The number of methoxy groups -OCH3 is 1. The third kappa shape index (κ3) is 3.11. The highest BCUT2D eigenvalue weighted by molar-refractivity contribution is 6.30. The maximum atomic E-state index is 5.92. The molecule has 0 spiro atoms. The SMILES string of the molecule is CCNC(CC)c1ccc(Cl)cc1OC. The molecule has 1 aromatic rings. The molecule has 1 atom stereocenters. The first-order valence-electron chi connectivity index (χ1n) is 5.29. The lowest BCUT2D eigenvalue weighted by Gasteiger charge is -2.19. The summed E-state index contributed by atoms with van der Waals surface area (Å²) in [6.07, 6.45) is 1.03. The third-order valence-corrected chi connectivity index (χ3v) is 2.66. The van der Waals surface area contributed by atoms with Crippen LogP contribution in [0, 0.1) is 0 Å². The fraction of sp³-hybridized carbons (Fsp3) is 0.500. The van der Waals surface area contributed by atoms with Crippen LogP contribution in [0.25, 0.3) is 0 Å². The van der Waals surface area contributed by atoms with E-state index in [2.05, 4.69) is 19.2 Å². The van der Waals surface area contributed by atoms with Gasteiger partial charge in [0, 0.05) is 16.6 Å². The molecule has 84 valence electrons. The standard InChI is InChI=1S/C12H18ClNO/c1-4-11(14-5-2)10-7-6-9(13)8-12(10)15-3/h6-8,11,14H,4-5H2,1-3H3. The van der Waals surface area contributed by atoms with Gasteiger partial charge in [0.2, 0.25) is 0 Å². The number of halogens is 1. The summed E-state index contributed by atoms with van der Waals surface area (Å²) >= 11 is 5.92. The van der Waals surface area contributed by atoms with E-state index in [1.165, 1.54) is 5.56 Å². The topological polar surface area (TPSA) is 21.3 Å². The Balaban J connectivity index is 2.99. The van der Waals surface area contributed by atoms with Gasteiger partial charge >= 0.3 is 0 Å². The van der Waals surface area contributed by atoms with Crippen LogP contribution in [0.5, 0.6) is 5.75 Å². The zero-order chi connectivity index (χ0) is 11.3. The van der Waals surface area contributed by atoms with E-state index < -0.39 is 0 Å². The molecule has 3 heteroatoms. The molecule has 1 aromatic carbocycles. The Bertz CT molecular complexity index is 314. The van der Waals surface area contributed by atoms with Crippen LogP contribution in [0.4, 0.5) is 0 Å². The fourth-order valence-electron chi connectivity index (χ4n) is 1.69. The first-order chi connectivity index (χ1) is 7.22. The second-order valence-corrected chi connectivity index (χ2v) is 3.84. The Hall–Kier alpha value is -0.730. The van der Waals surface area contributed by atoms with Crippen LogP contribution in [0.2, 0.25) is 5.02 Å². The van der Waals surface area contributed by atoms with Crippen molar-refractivity contribution in [2.45, 2.75) is 26.3 Å². The quantitative estimate of drug-likeness (QED) is 0.833. The molecule has 0 radical (unpaired) electrons. The first kappa shape index (κ1) is 12.3. The fourth-order valence-corrected chi connectivity index (χ4v) is 1.86. The Labute approximate surface area is 96.6 Å². The summed E-state index contributed by atoms with van der Waals surface area (Å²) in [5.74, 6) is 0.857. The number of nitrogens with one attached hydrogen (secondary N) is 1. The van der Waals surface area contributed by atoms with E-state index >= 15 is 0 Å². The molecule has 1 rings (SSSR count). The first-order valence-corrected chi connectivity index (χ1v) is 5.67. The molecular formula is C12H18ClNO. The third-order valence-electron chi connectivity index (χ3n) is 2.43. The monoisotopic (exact) mass is 227 g/mol. The van der Waals surface area contributed by atoms with E-state index in [0.717, 1.165) is 18.7 Å². The van der Waals surface area contributed by atoms with Crippen molar-refractivity contribution in [3.05, 3.63) is 28.8 Å². The number of benzene rings is 1. The smallest absolute Gasteiger partial charge is 0.125 e. The zero-order valence-electron chi connectivity index (χ0n) is 9.51. The van der Waals surface area contributed by atoms with Crippen LogP contribution in [-0.2, 0) is 0 Å². The van der Waals surface area contributed by atoms with Crippen molar-refractivity contribution in [2.24, 2.45) is 0 Å². The molecule has 0 aliphatic carbocycles. The van der Waals surface area contributed by atoms with Gasteiger partial charge in [-0.3, -0.25) is 0 Å². The molecule has 1 N–H and O–H groups in total. The van der Waals surface area contributed by atoms with E-state index in [4.69, 9.17) is 16.3 Å². The van der Waals surface area contributed by atoms with Crippen molar-refractivity contribution in [1.29, 1.82) is 0 Å². The number of hydrogen-bond donors (Lipinski definition) is 1. The van der Waals surface area contributed by atoms with Crippen molar-refractivity contribution in [1.82, 2.24) is 5.32 Å². The zero-order valence-corrected chi connectivity index (χ0v) is 10.3. The summed E-state index contributed by atoms with van der Waals surface area (Å²) in [7, 11) is 1.67. The Morgan fingerprint density at radius 2 is 2.13 bits per heavy atom. The van der Waals surface area contributed by atoms with Crippen molar-refractivity contribution in [3.8, 4) is 5.75 Å². The highest BCUT2D eigenvalue weighted by atomic mass is 35.5. The molecule has 0 heterocycles. The molecule has 0 aliphatic rings. The molecule has 2 nitrogen and oxygen atoms in total. The summed E-state index contributed by atoms with van der Waals surface area (Å²) < 4.78 is 5.33. The molecule has 0 fully saturated rings. The van der Waals surface area contributed by atoms with Crippen molar-refractivity contribution < 1.29 is 4.74 Å². The maximum absolute atomic E-state index is 5.92. The number of rotatable bonds is 5. The second-order valence-electron chi connectivity index (χ2n) is 3.40. The van der Waals surface area contributed by atoms with Gasteiger partial charge in [0.15, 0.2) is 0 Å². The van der Waals surface area contributed by atoms with Gasteiger partial charge in [0.05, 0.1) is 7.11 Å². The van der Waals surface area contributed by atoms with Crippen molar-refractivity contribution in [2.75, 3.05) is 13.7 Å². The second kappa shape index (κ2) is 5.99. The minimum absolute atomic E-state index is 0.335. The molecule has 1 unspecified atom stereocenters. The van der Waals surface area contributed by atoms with Gasteiger partial charge in [-0.15, -0.1) is 0 Å². The van der Waals surface area contributed by atoms with Crippen molar-refractivity contribution in [3.63, 3.8) is 0 Å². The van der Waals surface area contributed by atoms with Crippen LogP contribution in [0.15, 0.2) is 18.2 Å². The average molecular weight is 228 g/mol. The van der Waals surface area contributed by atoms with Crippen LogP contribution in [-0.4, -0.2) is 13.7 Å². The predicted octanol–water partition coefficient (Wildman–Crippen LogP) is 3.41. The number of ether oxygens (including phenoxy) is 1. The summed E-state index contributed by atoms with van der Waals surface area (Å²) in [6, 6.07) is 6.12. The van der Waals surface area contributed by atoms with Gasteiger partial charge < -0.3 is 10.1 Å². The van der Waals surface area contributed by atoms with Crippen LogP contribution < -0.4 is 10.1 Å². The van der Waals surface area contributed by atoms with Gasteiger partial charge in [0.1, 0.15) is 5.75 Å². The molecule has 0 aliphatic heterocycles. The highest BCUT2D eigenvalue weighted by Crippen LogP contribution is 2.29. The minimum atomic E-state index is 0.335. The molecule has 0 amide bonds. The van der Waals surface area contributed by atoms with Crippen LogP contribution in [0.3, 0.4) is 0 Å². The molecule has 0 saturated heterocycles. The van der Waals surface area contributed by atoms with E-state index in [1.54, 1.807) is 7.11 Å². The summed E-state index contributed by atoms with van der Waals surface area (Å²) in [4.78, 5) is 0. The summed E-state index contributed by atoms with van der Waals surface area (Å²) in [6.45, 7) is 5.21. The minimum Gasteiger partial charge on any atom is -0.496 e. The van der Waals surface area contributed by atoms with Gasteiger partial charge in [-0.2, -0.15) is 0 Å². The number of hydrogen-bond acceptors (Lipinski definition) is 2. The molecular weight excluding hydrogens is 210 g/mol. The highest BCUT2D eigenvalue weighted by Gasteiger charge is 2.13. The van der Waals surface area contributed by atoms with Gasteiger partial charge in [-0.1, -0.05) is 31.5 Å². The lowest BCUT2D eigenvalue weighted by atomic mass is 10.0. The van der Waals surface area contributed by atoms with E-state index in [9.17, 15) is 0 Å². The van der Waals surface area contributed by atoms with Gasteiger partial charge in [-0.25, -0.2) is 0 Å². The predicted molar refractivity (Wildman–Crippen MR) is 64.7 cm³/mol.